The van der Waals surface area contributed by atoms with Crippen LogP contribution in [0.4, 0.5) is 5.69 Å². The van der Waals surface area contributed by atoms with Crippen molar-refractivity contribution in [1.82, 2.24) is 10.3 Å². The molecule has 6 heteroatoms. The number of oxazole rings is 1. The second kappa shape index (κ2) is 4.38. The Hall–Kier alpha value is -1.53. The van der Waals surface area contributed by atoms with Crippen molar-refractivity contribution in [3.63, 3.8) is 0 Å². The summed E-state index contributed by atoms with van der Waals surface area (Å²) < 4.78 is 5.18. The van der Waals surface area contributed by atoms with Gasteiger partial charge in [-0.05, 0) is 12.1 Å². The Morgan fingerprint density at radius 3 is 3.35 bits per heavy atom. The van der Waals surface area contributed by atoms with Crippen molar-refractivity contribution in [2.24, 2.45) is 0 Å². The number of nitrogens with zero attached hydrogens (tertiary/aromatic N) is 1. The van der Waals surface area contributed by atoms with Crippen LogP contribution in [0.3, 0.4) is 0 Å². The number of carbonyl (C=O) groups excluding carboxylic acids is 1. The van der Waals surface area contributed by atoms with Crippen molar-refractivity contribution in [3.8, 4) is 0 Å². The molecule has 5 nitrogen and oxygen atoms in total. The lowest BCUT2D eigenvalue weighted by Crippen LogP contribution is -2.37. The summed E-state index contributed by atoms with van der Waals surface area (Å²) in [4.78, 5) is 15.9. The quantitative estimate of drug-likeness (QED) is 0.842. The fourth-order valence-corrected chi connectivity index (χ4v) is 2.67. The Balaban J connectivity index is 1.77. The van der Waals surface area contributed by atoms with Gasteiger partial charge in [-0.3, -0.25) is 10.1 Å². The molecule has 2 heterocycles. The number of fused-ring (bicyclic) bond motifs is 1. The van der Waals surface area contributed by atoms with E-state index in [9.17, 15) is 4.79 Å². The van der Waals surface area contributed by atoms with E-state index in [2.05, 4.69) is 15.6 Å². The molecule has 0 aliphatic carbocycles. The number of carbonyl (C=O) groups is 1. The van der Waals surface area contributed by atoms with Crippen LogP contribution in [0.25, 0.3) is 11.1 Å². The lowest BCUT2D eigenvalue weighted by molar-refractivity contribution is -0.117. The zero-order valence-electron chi connectivity index (χ0n) is 8.97. The summed E-state index contributed by atoms with van der Waals surface area (Å²) in [6.07, 6.45) is 1.39. The molecule has 17 heavy (non-hydrogen) atoms. The minimum absolute atomic E-state index is 0.00568. The van der Waals surface area contributed by atoms with Gasteiger partial charge in [-0.15, -0.1) is 11.8 Å². The zero-order chi connectivity index (χ0) is 11.7. The SMILES string of the molecule is O=C(Nc1ccc2ncoc2c1)C1CSCN1. The van der Waals surface area contributed by atoms with Crippen molar-refractivity contribution in [2.75, 3.05) is 16.9 Å². The molecule has 1 unspecified atom stereocenters. The highest BCUT2D eigenvalue weighted by molar-refractivity contribution is 7.99. The monoisotopic (exact) mass is 249 g/mol. The van der Waals surface area contributed by atoms with Crippen molar-refractivity contribution in [2.45, 2.75) is 6.04 Å². The molecule has 2 aromatic rings. The number of hydrogen-bond acceptors (Lipinski definition) is 5. The number of amides is 1. The summed E-state index contributed by atoms with van der Waals surface area (Å²) in [5.74, 6) is 1.64. The van der Waals surface area contributed by atoms with Crippen molar-refractivity contribution in [1.29, 1.82) is 0 Å². The number of thioether (sulfide) groups is 1. The van der Waals surface area contributed by atoms with Crippen LogP contribution in [0.15, 0.2) is 29.0 Å². The van der Waals surface area contributed by atoms with Gasteiger partial charge in [0.15, 0.2) is 12.0 Å². The maximum Gasteiger partial charge on any atom is 0.242 e. The third-order valence-corrected chi connectivity index (χ3v) is 3.57. The first-order chi connectivity index (χ1) is 8.33. The van der Waals surface area contributed by atoms with Crippen molar-refractivity contribution < 1.29 is 9.21 Å². The van der Waals surface area contributed by atoms with Gasteiger partial charge in [0.25, 0.3) is 0 Å². The molecule has 88 valence electrons. The number of benzene rings is 1. The number of nitrogens with one attached hydrogen (secondary N) is 2. The minimum atomic E-state index is -0.106. The van der Waals surface area contributed by atoms with E-state index in [1.807, 2.05) is 12.1 Å². The molecule has 2 N–H and O–H groups in total. The van der Waals surface area contributed by atoms with Crippen LogP contribution in [-0.4, -0.2) is 28.6 Å². The molecule has 1 saturated heterocycles. The number of anilines is 1. The minimum Gasteiger partial charge on any atom is -0.443 e. The smallest absolute Gasteiger partial charge is 0.242 e. The van der Waals surface area contributed by atoms with Gasteiger partial charge in [-0.2, -0.15) is 0 Å². The molecule has 0 bridgehead atoms. The first kappa shape index (κ1) is 10.6. The van der Waals surface area contributed by atoms with Gasteiger partial charge in [0.1, 0.15) is 5.52 Å². The lowest BCUT2D eigenvalue weighted by Gasteiger charge is -2.09. The maximum atomic E-state index is 11.9. The highest BCUT2D eigenvalue weighted by atomic mass is 32.2. The molecule has 3 rings (SSSR count). The molecular weight excluding hydrogens is 238 g/mol. The Morgan fingerprint density at radius 1 is 1.59 bits per heavy atom. The molecule has 1 aromatic carbocycles. The van der Waals surface area contributed by atoms with Crippen LogP contribution in [0.5, 0.6) is 0 Å². The molecule has 0 saturated carbocycles. The average molecular weight is 249 g/mol. The molecule has 1 fully saturated rings. The number of aromatic nitrogens is 1. The van der Waals surface area contributed by atoms with Gasteiger partial charge in [0.05, 0.1) is 6.04 Å². The third kappa shape index (κ3) is 2.13. The summed E-state index contributed by atoms with van der Waals surface area (Å²) in [5, 5.41) is 5.99. The van der Waals surface area contributed by atoms with Crippen molar-refractivity contribution in [3.05, 3.63) is 24.6 Å². The van der Waals surface area contributed by atoms with Crippen LogP contribution in [0.1, 0.15) is 0 Å². The Labute approximate surface area is 102 Å². The summed E-state index contributed by atoms with van der Waals surface area (Å²) in [5.41, 5.74) is 2.20. The van der Waals surface area contributed by atoms with Gasteiger partial charge in [-0.1, -0.05) is 0 Å². The first-order valence-electron chi connectivity index (χ1n) is 5.28. The second-order valence-corrected chi connectivity index (χ2v) is 4.83. The van der Waals surface area contributed by atoms with Crippen LogP contribution < -0.4 is 10.6 Å². The molecular formula is C11H11N3O2S. The van der Waals surface area contributed by atoms with E-state index in [1.165, 1.54) is 6.39 Å². The van der Waals surface area contributed by atoms with Gasteiger partial charge >= 0.3 is 0 Å². The summed E-state index contributed by atoms with van der Waals surface area (Å²) >= 11 is 1.72. The van der Waals surface area contributed by atoms with E-state index in [-0.39, 0.29) is 11.9 Å². The predicted molar refractivity (Wildman–Crippen MR) is 66.9 cm³/mol. The normalized spacial score (nSPS) is 19.6. The summed E-state index contributed by atoms with van der Waals surface area (Å²) in [7, 11) is 0. The molecule has 1 amide bonds. The molecule has 1 aromatic heterocycles. The van der Waals surface area contributed by atoms with Crippen LogP contribution in [0, 0.1) is 0 Å². The van der Waals surface area contributed by atoms with E-state index >= 15 is 0 Å². The zero-order valence-corrected chi connectivity index (χ0v) is 9.79. The second-order valence-electron chi connectivity index (χ2n) is 3.80. The van der Waals surface area contributed by atoms with E-state index in [0.717, 1.165) is 22.8 Å². The van der Waals surface area contributed by atoms with E-state index in [1.54, 1.807) is 17.8 Å². The Bertz CT molecular complexity index is 548. The van der Waals surface area contributed by atoms with E-state index in [0.29, 0.717) is 5.58 Å². The Kier molecular flexibility index (Phi) is 2.74. The highest BCUT2D eigenvalue weighted by Gasteiger charge is 2.22. The van der Waals surface area contributed by atoms with Gasteiger partial charge < -0.3 is 9.73 Å². The van der Waals surface area contributed by atoms with Gasteiger partial charge in [0, 0.05) is 23.4 Å². The molecule has 0 spiro atoms. The maximum absolute atomic E-state index is 11.9. The Morgan fingerprint density at radius 2 is 2.53 bits per heavy atom. The fourth-order valence-electron chi connectivity index (χ4n) is 1.73. The standard InChI is InChI=1S/C11H11N3O2S/c15-11(9-4-17-6-13-9)14-7-1-2-8-10(3-7)16-5-12-8/h1-3,5,9,13H,4,6H2,(H,14,15). The van der Waals surface area contributed by atoms with Crippen molar-refractivity contribution >= 4 is 34.5 Å². The first-order valence-corrected chi connectivity index (χ1v) is 6.43. The number of rotatable bonds is 2. The highest BCUT2D eigenvalue weighted by Crippen LogP contribution is 2.18. The predicted octanol–water partition coefficient (Wildman–Crippen LogP) is 1.43. The molecule has 1 aliphatic heterocycles. The fraction of sp³-hybridized carbons (Fsp3) is 0.273. The van der Waals surface area contributed by atoms with Gasteiger partial charge in [0.2, 0.25) is 5.91 Å². The lowest BCUT2D eigenvalue weighted by atomic mass is 10.2. The molecule has 1 aliphatic rings. The third-order valence-electron chi connectivity index (χ3n) is 2.63. The molecule has 0 radical (unpaired) electrons. The largest absolute Gasteiger partial charge is 0.443 e. The molecule has 1 atom stereocenters. The average Bonchev–Trinajstić information content (AvgIpc) is 2.99. The number of hydrogen-bond donors (Lipinski definition) is 2. The van der Waals surface area contributed by atoms with Gasteiger partial charge in [-0.25, -0.2) is 4.98 Å². The van der Waals surface area contributed by atoms with Crippen LogP contribution in [-0.2, 0) is 4.79 Å². The van der Waals surface area contributed by atoms with E-state index in [4.69, 9.17) is 4.42 Å². The van der Waals surface area contributed by atoms with Crippen LogP contribution >= 0.6 is 11.8 Å². The van der Waals surface area contributed by atoms with Crippen LogP contribution in [0.2, 0.25) is 0 Å². The summed E-state index contributed by atoms with van der Waals surface area (Å²) in [6, 6.07) is 5.32. The summed E-state index contributed by atoms with van der Waals surface area (Å²) in [6.45, 7) is 0. The topological polar surface area (TPSA) is 67.2 Å². The van der Waals surface area contributed by atoms with E-state index < -0.39 is 0 Å².